The normalized spacial score (nSPS) is 12.4. The lowest BCUT2D eigenvalue weighted by molar-refractivity contribution is -0.143. The van der Waals surface area contributed by atoms with E-state index in [0.29, 0.717) is 0 Å². The molecule has 7 heteroatoms. The average molecular weight is 361 g/mol. The fraction of sp³-hybridized carbons (Fsp3) is 0.222. The minimum Gasteiger partial charge on any atom is -0.464 e. The lowest BCUT2D eigenvalue weighted by atomic mass is 10.1. The number of ether oxygens (including phenoxy) is 1. The van der Waals surface area contributed by atoms with Crippen LogP contribution in [0.3, 0.4) is 0 Å². The number of nitrogens with one attached hydrogen (secondary N) is 1. The predicted octanol–water partition coefficient (Wildman–Crippen LogP) is 2.09. The van der Waals surface area contributed by atoms with Crippen LogP contribution in [0.15, 0.2) is 59.5 Å². The van der Waals surface area contributed by atoms with Gasteiger partial charge in [-0.15, -0.1) is 0 Å². The molecule has 0 radical (unpaired) electrons. The molecule has 2 aromatic carbocycles. The molecule has 0 heterocycles. The maximum Gasteiger partial charge on any atom is 0.332 e. The van der Waals surface area contributed by atoms with E-state index in [9.17, 15) is 18.0 Å². The van der Waals surface area contributed by atoms with Crippen LogP contribution in [0.4, 0.5) is 0 Å². The zero-order chi connectivity index (χ0) is 18.4. The van der Waals surface area contributed by atoms with Gasteiger partial charge in [-0.1, -0.05) is 48.0 Å². The van der Waals surface area contributed by atoms with Gasteiger partial charge in [0.1, 0.15) is 0 Å². The van der Waals surface area contributed by atoms with E-state index in [2.05, 4.69) is 4.72 Å². The van der Waals surface area contributed by atoms with E-state index in [-0.39, 0.29) is 17.1 Å². The standard InChI is InChI=1S/C18H19NO5S/c1-3-24-18(21)16(17(20)14-7-5-4-6-8-14)19-25(22,23)15-11-9-13(2)10-12-15/h4-12,16,19H,3H2,1-2H3. The molecule has 0 aliphatic carbocycles. The Morgan fingerprint density at radius 3 is 2.20 bits per heavy atom. The third kappa shape index (κ3) is 4.74. The number of carbonyl (C=O) groups is 2. The van der Waals surface area contributed by atoms with Crippen molar-refractivity contribution in [2.75, 3.05) is 6.61 Å². The summed E-state index contributed by atoms with van der Waals surface area (Å²) in [5.41, 5.74) is 1.11. The van der Waals surface area contributed by atoms with Crippen LogP contribution < -0.4 is 4.72 Å². The van der Waals surface area contributed by atoms with Crippen molar-refractivity contribution >= 4 is 21.8 Å². The van der Waals surface area contributed by atoms with Crippen molar-refractivity contribution in [2.45, 2.75) is 24.8 Å². The summed E-state index contributed by atoms with van der Waals surface area (Å²) in [5, 5.41) is 0. The van der Waals surface area contributed by atoms with Gasteiger partial charge in [-0.3, -0.25) is 4.79 Å². The molecule has 25 heavy (non-hydrogen) atoms. The molecule has 0 aliphatic rings. The van der Waals surface area contributed by atoms with Gasteiger partial charge in [0, 0.05) is 5.56 Å². The molecule has 1 atom stereocenters. The Morgan fingerprint density at radius 1 is 1.04 bits per heavy atom. The summed E-state index contributed by atoms with van der Waals surface area (Å²) in [6.07, 6.45) is 0. The monoisotopic (exact) mass is 361 g/mol. The van der Waals surface area contributed by atoms with E-state index < -0.39 is 27.8 Å². The summed E-state index contributed by atoms with van der Waals surface area (Å²) in [6.45, 7) is 3.43. The summed E-state index contributed by atoms with van der Waals surface area (Å²) in [7, 11) is -4.06. The second-order valence-corrected chi connectivity index (χ2v) is 7.06. The second-order valence-electron chi connectivity index (χ2n) is 5.35. The van der Waals surface area contributed by atoms with Crippen LogP contribution in [0, 0.1) is 6.92 Å². The van der Waals surface area contributed by atoms with E-state index in [1.54, 1.807) is 37.3 Å². The summed E-state index contributed by atoms with van der Waals surface area (Å²) >= 11 is 0. The fourth-order valence-corrected chi connectivity index (χ4v) is 3.29. The van der Waals surface area contributed by atoms with Gasteiger partial charge in [-0.25, -0.2) is 13.2 Å². The van der Waals surface area contributed by atoms with Crippen LogP contribution in [-0.2, 0) is 19.6 Å². The number of esters is 1. The highest BCUT2D eigenvalue weighted by molar-refractivity contribution is 7.89. The zero-order valence-corrected chi connectivity index (χ0v) is 14.7. The van der Waals surface area contributed by atoms with Crippen molar-refractivity contribution in [3.8, 4) is 0 Å². The molecular formula is C18H19NO5S. The number of hydrogen-bond acceptors (Lipinski definition) is 5. The first-order chi connectivity index (χ1) is 11.8. The van der Waals surface area contributed by atoms with Crippen molar-refractivity contribution in [2.24, 2.45) is 0 Å². The Bertz CT molecular complexity index is 845. The molecular weight excluding hydrogens is 342 g/mol. The quantitative estimate of drug-likeness (QED) is 0.463. The molecule has 0 aliphatic heterocycles. The molecule has 6 nitrogen and oxygen atoms in total. The third-order valence-corrected chi connectivity index (χ3v) is 4.89. The van der Waals surface area contributed by atoms with Crippen LogP contribution in [0.1, 0.15) is 22.8 Å². The highest BCUT2D eigenvalue weighted by atomic mass is 32.2. The van der Waals surface area contributed by atoms with E-state index >= 15 is 0 Å². The summed E-state index contributed by atoms with van der Waals surface area (Å²) in [6, 6.07) is 12.4. The van der Waals surface area contributed by atoms with Gasteiger partial charge in [0.15, 0.2) is 11.8 Å². The number of carbonyl (C=O) groups excluding carboxylic acids is 2. The van der Waals surface area contributed by atoms with E-state index in [0.717, 1.165) is 5.56 Å². The van der Waals surface area contributed by atoms with Gasteiger partial charge in [0.25, 0.3) is 0 Å². The minimum absolute atomic E-state index is 0.0314. The Kier molecular flexibility index (Phi) is 6.06. The summed E-state index contributed by atoms with van der Waals surface area (Å²) in [5.74, 6) is -1.61. The van der Waals surface area contributed by atoms with Crippen molar-refractivity contribution in [3.63, 3.8) is 0 Å². The molecule has 132 valence electrons. The number of Topliss-reactive ketones (excluding diaryl/α,β-unsaturated/α-hetero) is 1. The minimum atomic E-state index is -4.06. The van der Waals surface area contributed by atoms with Crippen LogP contribution in [0.2, 0.25) is 0 Å². The maximum absolute atomic E-state index is 12.6. The third-order valence-electron chi connectivity index (χ3n) is 3.45. The van der Waals surface area contributed by atoms with Gasteiger partial charge in [-0.2, -0.15) is 4.72 Å². The second kappa shape index (κ2) is 8.04. The topological polar surface area (TPSA) is 89.5 Å². The highest BCUT2D eigenvalue weighted by Gasteiger charge is 2.33. The first-order valence-electron chi connectivity index (χ1n) is 7.70. The molecule has 1 unspecified atom stereocenters. The van der Waals surface area contributed by atoms with Crippen LogP contribution in [0.5, 0.6) is 0 Å². The van der Waals surface area contributed by atoms with Crippen molar-refractivity contribution in [1.29, 1.82) is 0 Å². The lowest BCUT2D eigenvalue weighted by Crippen LogP contribution is -2.47. The number of rotatable bonds is 7. The fourth-order valence-electron chi connectivity index (χ4n) is 2.14. The molecule has 1 N–H and O–H groups in total. The zero-order valence-electron chi connectivity index (χ0n) is 13.9. The van der Waals surface area contributed by atoms with E-state index in [4.69, 9.17) is 4.74 Å². The molecule has 0 saturated carbocycles. The highest BCUT2D eigenvalue weighted by Crippen LogP contribution is 2.13. The number of ketones is 1. The van der Waals surface area contributed by atoms with E-state index in [1.807, 2.05) is 6.92 Å². The first kappa shape index (κ1) is 18.8. The Balaban J connectivity index is 2.34. The Morgan fingerprint density at radius 2 is 1.64 bits per heavy atom. The van der Waals surface area contributed by atoms with Gasteiger partial charge >= 0.3 is 5.97 Å². The lowest BCUT2D eigenvalue weighted by Gasteiger charge is -2.16. The maximum atomic E-state index is 12.6. The smallest absolute Gasteiger partial charge is 0.332 e. The SMILES string of the molecule is CCOC(=O)C(NS(=O)(=O)c1ccc(C)cc1)C(=O)c1ccccc1. The molecule has 0 amide bonds. The molecule has 0 spiro atoms. The summed E-state index contributed by atoms with van der Waals surface area (Å²) < 4.78 is 32.1. The predicted molar refractivity (Wildman–Crippen MR) is 92.7 cm³/mol. The van der Waals surface area contributed by atoms with Gasteiger partial charge in [-0.05, 0) is 26.0 Å². The van der Waals surface area contributed by atoms with Gasteiger partial charge in [0.05, 0.1) is 11.5 Å². The molecule has 0 aromatic heterocycles. The van der Waals surface area contributed by atoms with Crippen LogP contribution in [0.25, 0.3) is 0 Å². The molecule has 0 saturated heterocycles. The average Bonchev–Trinajstić information content (AvgIpc) is 2.60. The van der Waals surface area contributed by atoms with Gasteiger partial charge < -0.3 is 4.74 Å². The number of sulfonamides is 1. The summed E-state index contributed by atoms with van der Waals surface area (Å²) in [4.78, 5) is 24.7. The largest absolute Gasteiger partial charge is 0.464 e. The molecule has 0 bridgehead atoms. The number of aryl methyl sites for hydroxylation is 1. The number of benzene rings is 2. The van der Waals surface area contributed by atoms with Gasteiger partial charge in [0.2, 0.25) is 10.0 Å². The van der Waals surface area contributed by atoms with Crippen LogP contribution in [-0.4, -0.2) is 32.8 Å². The Labute approximate surface area is 146 Å². The molecule has 2 aromatic rings. The molecule has 2 rings (SSSR count). The van der Waals surface area contributed by atoms with Crippen molar-refractivity contribution in [1.82, 2.24) is 4.72 Å². The van der Waals surface area contributed by atoms with Crippen molar-refractivity contribution < 1.29 is 22.7 Å². The molecule has 0 fully saturated rings. The van der Waals surface area contributed by atoms with Crippen molar-refractivity contribution in [3.05, 3.63) is 65.7 Å². The number of hydrogen-bond donors (Lipinski definition) is 1. The van der Waals surface area contributed by atoms with E-state index in [1.165, 1.54) is 24.3 Å². The Hall–Kier alpha value is -2.51. The van der Waals surface area contributed by atoms with Crippen LogP contribution >= 0.6 is 0 Å². The first-order valence-corrected chi connectivity index (χ1v) is 9.18.